The highest BCUT2D eigenvalue weighted by atomic mass is 35.5. The molecule has 0 aromatic heterocycles. The van der Waals surface area contributed by atoms with Gasteiger partial charge in [-0.25, -0.2) is 4.79 Å². The molecule has 0 aliphatic heterocycles. The summed E-state index contributed by atoms with van der Waals surface area (Å²) in [6.07, 6.45) is -0.177. The number of halogens is 4. The van der Waals surface area contributed by atoms with Crippen molar-refractivity contribution >= 4 is 29.3 Å². The van der Waals surface area contributed by atoms with Gasteiger partial charge in [-0.2, -0.15) is 8.78 Å². The number of amides is 1. The first kappa shape index (κ1) is 25.1. The number of hydrogen-bond donors (Lipinski definition) is 1. The number of unbranched alkanes of at least 4 members (excludes halogenated alkanes) is 3. The highest BCUT2D eigenvalue weighted by Gasteiger charge is 2.26. The molecule has 152 valence electrons. The summed E-state index contributed by atoms with van der Waals surface area (Å²) in [4.78, 5) is 11.3. The quantitative estimate of drug-likeness (QED) is 0.236. The van der Waals surface area contributed by atoms with E-state index in [-0.39, 0.29) is 19.8 Å². The first-order valence-electron chi connectivity index (χ1n) is 8.28. The fourth-order valence-corrected chi connectivity index (χ4v) is 1.94. The first-order chi connectivity index (χ1) is 12.5. The third-order valence-corrected chi connectivity index (χ3v) is 3.21. The molecule has 0 saturated heterocycles. The molecule has 0 unspecified atom stereocenters. The number of carbonyl (C=O) groups is 1. The van der Waals surface area contributed by atoms with Gasteiger partial charge in [0.15, 0.2) is 0 Å². The molecule has 1 N–H and O–H groups in total. The lowest BCUT2D eigenvalue weighted by Gasteiger charge is -2.11. The Morgan fingerprint density at radius 1 is 0.962 bits per heavy atom. The zero-order chi connectivity index (χ0) is 19.5. The van der Waals surface area contributed by atoms with Crippen LogP contribution in [-0.4, -0.2) is 64.3 Å². The second-order valence-corrected chi connectivity index (χ2v) is 5.54. The number of carbonyl (C=O) groups excluding carboxylic acids is 1. The zero-order valence-electron chi connectivity index (χ0n) is 14.5. The minimum atomic E-state index is -3.66. The SMILES string of the molecule is O=C(NCCOCCOCCCCCCCl)OCCOC(F)(F)C#CCl. The van der Waals surface area contributed by atoms with Crippen molar-refractivity contribution in [2.45, 2.75) is 31.8 Å². The maximum atomic E-state index is 12.7. The van der Waals surface area contributed by atoms with Crippen LogP contribution in [0.15, 0.2) is 0 Å². The Morgan fingerprint density at radius 2 is 1.65 bits per heavy atom. The van der Waals surface area contributed by atoms with Gasteiger partial charge in [0.05, 0.1) is 26.4 Å². The third kappa shape index (κ3) is 18.0. The molecular formula is C16H25Cl2F2NO5. The largest absolute Gasteiger partial charge is 0.447 e. The average Bonchev–Trinajstić information content (AvgIpc) is 2.59. The molecule has 0 bridgehead atoms. The van der Waals surface area contributed by atoms with Crippen LogP contribution in [0.25, 0.3) is 0 Å². The van der Waals surface area contributed by atoms with Crippen molar-refractivity contribution in [1.82, 2.24) is 5.32 Å². The third-order valence-electron chi connectivity index (χ3n) is 2.85. The summed E-state index contributed by atoms with van der Waals surface area (Å²) < 4.78 is 44.9. The maximum absolute atomic E-state index is 12.7. The molecule has 0 saturated carbocycles. The van der Waals surface area contributed by atoms with E-state index in [1.165, 1.54) is 11.3 Å². The van der Waals surface area contributed by atoms with Crippen molar-refractivity contribution in [2.24, 2.45) is 0 Å². The zero-order valence-corrected chi connectivity index (χ0v) is 16.1. The number of rotatable bonds is 16. The fourth-order valence-electron chi connectivity index (χ4n) is 1.65. The van der Waals surface area contributed by atoms with Gasteiger partial charge in [0.2, 0.25) is 0 Å². The molecule has 0 aliphatic rings. The molecule has 0 spiro atoms. The van der Waals surface area contributed by atoms with E-state index in [0.717, 1.165) is 25.7 Å². The number of nitrogens with one attached hydrogen (secondary N) is 1. The van der Waals surface area contributed by atoms with Crippen LogP contribution >= 0.6 is 23.2 Å². The van der Waals surface area contributed by atoms with Crippen LogP contribution < -0.4 is 5.32 Å². The number of alkyl halides is 3. The minimum absolute atomic E-state index is 0.228. The number of hydrogen-bond acceptors (Lipinski definition) is 5. The second kappa shape index (κ2) is 17.6. The van der Waals surface area contributed by atoms with Crippen LogP contribution in [0.3, 0.4) is 0 Å². The number of alkyl carbamates (subject to hydrolysis) is 1. The van der Waals surface area contributed by atoms with E-state index in [1.54, 1.807) is 0 Å². The molecule has 0 radical (unpaired) electrons. The normalized spacial score (nSPS) is 10.9. The lowest BCUT2D eigenvalue weighted by atomic mass is 10.2. The van der Waals surface area contributed by atoms with E-state index in [9.17, 15) is 13.6 Å². The van der Waals surface area contributed by atoms with Crippen molar-refractivity contribution < 1.29 is 32.5 Å². The summed E-state index contributed by atoms with van der Waals surface area (Å²) in [6.45, 7) is 1.25. The van der Waals surface area contributed by atoms with Crippen LogP contribution in [0.2, 0.25) is 0 Å². The molecule has 0 atom stereocenters. The Morgan fingerprint density at radius 3 is 2.35 bits per heavy atom. The lowest BCUT2D eigenvalue weighted by Crippen LogP contribution is -2.30. The van der Waals surface area contributed by atoms with Gasteiger partial charge < -0.3 is 24.3 Å². The Balaban J connectivity index is 3.32. The van der Waals surface area contributed by atoms with Crippen LogP contribution in [0, 0.1) is 11.3 Å². The Labute approximate surface area is 162 Å². The van der Waals surface area contributed by atoms with E-state index >= 15 is 0 Å². The van der Waals surface area contributed by atoms with Gasteiger partial charge >= 0.3 is 12.2 Å². The molecule has 10 heteroatoms. The first-order valence-corrected chi connectivity index (χ1v) is 9.19. The van der Waals surface area contributed by atoms with E-state index < -0.39 is 18.8 Å². The van der Waals surface area contributed by atoms with Crippen molar-refractivity contribution in [2.75, 3.05) is 52.1 Å². The summed E-state index contributed by atoms with van der Waals surface area (Å²) in [5, 5.41) is 3.93. The van der Waals surface area contributed by atoms with Gasteiger partial charge in [0.1, 0.15) is 6.61 Å². The molecule has 1 amide bonds. The Bertz CT molecular complexity index is 419. The molecule has 0 aromatic rings. The van der Waals surface area contributed by atoms with Gasteiger partial charge in [-0.3, -0.25) is 0 Å². The molecular weight excluding hydrogens is 395 g/mol. The van der Waals surface area contributed by atoms with Gasteiger partial charge in [-0.1, -0.05) is 12.8 Å². The topological polar surface area (TPSA) is 66.0 Å². The summed E-state index contributed by atoms with van der Waals surface area (Å²) in [5.74, 6) is 2.06. The Kier molecular flexibility index (Phi) is 17.0. The fraction of sp³-hybridized carbons (Fsp3) is 0.812. The van der Waals surface area contributed by atoms with E-state index in [1.807, 2.05) is 0 Å². The van der Waals surface area contributed by atoms with Crippen molar-refractivity contribution in [3.63, 3.8) is 0 Å². The second-order valence-electron chi connectivity index (χ2n) is 4.98. The van der Waals surface area contributed by atoms with E-state index in [4.69, 9.17) is 32.7 Å². The predicted octanol–water partition coefficient (Wildman–Crippen LogP) is 3.35. The van der Waals surface area contributed by atoms with Gasteiger partial charge in [-0.15, -0.1) is 11.6 Å². The molecule has 0 rings (SSSR count). The van der Waals surface area contributed by atoms with Crippen LogP contribution in [-0.2, 0) is 18.9 Å². The Hall–Kier alpha value is -0.850. The van der Waals surface area contributed by atoms with Crippen LogP contribution in [0.4, 0.5) is 13.6 Å². The lowest BCUT2D eigenvalue weighted by molar-refractivity contribution is -0.196. The summed E-state index contributed by atoms with van der Waals surface area (Å²) in [5.41, 5.74) is 0. The van der Waals surface area contributed by atoms with Gasteiger partial charge in [0.25, 0.3) is 0 Å². The smallest absolute Gasteiger partial charge is 0.424 e. The number of ether oxygens (including phenoxy) is 4. The van der Waals surface area contributed by atoms with Crippen molar-refractivity contribution in [1.29, 1.82) is 0 Å². The molecule has 0 fully saturated rings. The summed E-state index contributed by atoms with van der Waals surface area (Å²) in [7, 11) is 0. The van der Waals surface area contributed by atoms with E-state index in [2.05, 4.69) is 14.8 Å². The maximum Gasteiger partial charge on any atom is 0.424 e. The molecule has 26 heavy (non-hydrogen) atoms. The van der Waals surface area contributed by atoms with Gasteiger partial charge in [-0.05, 0) is 24.4 Å². The molecule has 0 heterocycles. The standard InChI is InChI=1S/C16H25Cl2F2NO5/c17-6-3-1-2-4-9-23-11-12-24-10-8-21-15(22)25-13-14-26-16(19,20)5-7-18/h1-4,6,8-14H2,(H,21,22). The average molecular weight is 420 g/mol. The van der Waals surface area contributed by atoms with Gasteiger partial charge in [0, 0.05) is 30.3 Å². The van der Waals surface area contributed by atoms with Crippen molar-refractivity contribution in [3.8, 4) is 11.3 Å². The van der Waals surface area contributed by atoms with E-state index in [0.29, 0.717) is 25.7 Å². The molecule has 6 nitrogen and oxygen atoms in total. The highest BCUT2D eigenvalue weighted by molar-refractivity contribution is 6.30. The molecule has 0 aliphatic carbocycles. The highest BCUT2D eigenvalue weighted by Crippen LogP contribution is 2.13. The summed E-state index contributed by atoms with van der Waals surface area (Å²) >= 11 is 10.4. The van der Waals surface area contributed by atoms with Crippen LogP contribution in [0.5, 0.6) is 0 Å². The van der Waals surface area contributed by atoms with Crippen LogP contribution in [0.1, 0.15) is 25.7 Å². The predicted molar refractivity (Wildman–Crippen MR) is 94.7 cm³/mol. The summed E-state index contributed by atoms with van der Waals surface area (Å²) in [6, 6.07) is 0. The molecule has 0 aromatic carbocycles. The van der Waals surface area contributed by atoms with Crippen molar-refractivity contribution in [3.05, 3.63) is 0 Å². The monoisotopic (exact) mass is 419 g/mol. The minimum Gasteiger partial charge on any atom is -0.447 e.